The largest absolute Gasteiger partial charge is 0.481 e. The molecule has 0 aliphatic heterocycles. The van der Waals surface area contributed by atoms with Crippen molar-refractivity contribution in [1.29, 1.82) is 0 Å². The second-order valence-corrected chi connectivity index (χ2v) is 7.19. The zero-order chi connectivity index (χ0) is 22.0. The minimum absolute atomic E-state index is 0.409. The second kappa shape index (κ2) is 8.47. The number of ether oxygens (including phenoxy) is 1. The number of rotatable bonds is 6. The Bertz CT molecular complexity index is 1350. The number of aryl methyl sites for hydroxylation is 2. The Labute approximate surface area is 178 Å². The third kappa shape index (κ3) is 4.21. The van der Waals surface area contributed by atoms with E-state index < -0.39 is 17.6 Å². The number of para-hydroxylation sites is 1. The van der Waals surface area contributed by atoms with Gasteiger partial charge in [-0.25, -0.2) is 10.2 Å². The van der Waals surface area contributed by atoms with Gasteiger partial charge in [-0.05, 0) is 37.6 Å². The molecule has 0 fully saturated rings. The summed E-state index contributed by atoms with van der Waals surface area (Å²) in [5.41, 5.74) is 4.92. The highest BCUT2D eigenvalue weighted by molar-refractivity contribution is 5.99. The van der Waals surface area contributed by atoms with E-state index in [2.05, 4.69) is 10.5 Å². The van der Waals surface area contributed by atoms with Crippen molar-refractivity contribution in [3.8, 4) is 5.75 Å². The lowest BCUT2D eigenvalue weighted by Gasteiger charge is -2.13. The summed E-state index contributed by atoms with van der Waals surface area (Å²) in [6, 6.07) is 14.2. The smallest absolute Gasteiger partial charge is 0.336 e. The van der Waals surface area contributed by atoms with Gasteiger partial charge in [0.25, 0.3) is 5.91 Å². The van der Waals surface area contributed by atoms with Gasteiger partial charge < -0.3 is 13.6 Å². The van der Waals surface area contributed by atoms with E-state index >= 15 is 0 Å². The number of furan rings is 1. The van der Waals surface area contributed by atoms with Gasteiger partial charge in [-0.1, -0.05) is 25.1 Å². The molecule has 1 N–H and O–H groups in total. The van der Waals surface area contributed by atoms with E-state index in [1.165, 1.54) is 6.07 Å². The fraction of sp³-hybridized carbons (Fsp3) is 0.208. The van der Waals surface area contributed by atoms with Crippen molar-refractivity contribution in [1.82, 2.24) is 5.43 Å². The van der Waals surface area contributed by atoms with E-state index in [1.54, 1.807) is 31.3 Å². The fourth-order valence-corrected chi connectivity index (χ4v) is 3.41. The summed E-state index contributed by atoms with van der Waals surface area (Å²) in [6.45, 7) is 5.45. The summed E-state index contributed by atoms with van der Waals surface area (Å²) in [4.78, 5) is 24.0. The third-order valence-electron chi connectivity index (χ3n) is 5.01. The van der Waals surface area contributed by atoms with E-state index in [0.717, 1.165) is 33.2 Å². The number of benzene rings is 2. The molecule has 1 atom stereocenters. The van der Waals surface area contributed by atoms with Gasteiger partial charge in [-0.2, -0.15) is 5.10 Å². The van der Waals surface area contributed by atoms with Crippen LogP contribution in [0.2, 0.25) is 0 Å². The lowest BCUT2D eigenvalue weighted by molar-refractivity contribution is -0.127. The van der Waals surface area contributed by atoms with E-state index in [4.69, 9.17) is 13.6 Å². The molecular weight excluding hydrogens is 396 g/mol. The highest BCUT2D eigenvalue weighted by Crippen LogP contribution is 2.25. The molecule has 158 valence electrons. The van der Waals surface area contributed by atoms with Crippen molar-refractivity contribution < 1.29 is 18.4 Å². The molecule has 0 unspecified atom stereocenters. The molecule has 0 saturated heterocycles. The van der Waals surface area contributed by atoms with E-state index in [1.807, 2.05) is 38.1 Å². The Morgan fingerprint density at radius 1 is 1.13 bits per heavy atom. The maximum absolute atomic E-state index is 12.4. The molecule has 0 aliphatic carbocycles. The average molecular weight is 418 g/mol. The first kappa shape index (κ1) is 20.4. The SMILES string of the molecule is CCc1oc2ccccc2c1/C=N\NC(=O)[C@H](C)Oc1ccc2c(C)cc(=O)oc2c1. The predicted molar refractivity (Wildman–Crippen MR) is 119 cm³/mol. The number of amides is 1. The zero-order valence-electron chi connectivity index (χ0n) is 17.5. The van der Waals surface area contributed by atoms with Crippen LogP contribution in [0.15, 0.2) is 67.3 Å². The number of carbonyl (C=O) groups excluding carboxylic acids is 1. The van der Waals surface area contributed by atoms with E-state index in [0.29, 0.717) is 17.8 Å². The fourth-order valence-electron chi connectivity index (χ4n) is 3.41. The summed E-state index contributed by atoms with van der Waals surface area (Å²) in [7, 11) is 0. The van der Waals surface area contributed by atoms with Crippen molar-refractivity contribution in [2.24, 2.45) is 5.10 Å². The van der Waals surface area contributed by atoms with Crippen molar-refractivity contribution >= 4 is 34.1 Å². The highest BCUT2D eigenvalue weighted by Gasteiger charge is 2.16. The number of nitrogens with zero attached hydrogens (tertiary/aromatic N) is 1. The first-order valence-electron chi connectivity index (χ1n) is 10.0. The lowest BCUT2D eigenvalue weighted by atomic mass is 10.1. The van der Waals surface area contributed by atoms with Gasteiger partial charge in [-0.3, -0.25) is 4.79 Å². The monoisotopic (exact) mass is 418 g/mol. The molecule has 31 heavy (non-hydrogen) atoms. The number of hydrazone groups is 1. The van der Waals surface area contributed by atoms with Crippen LogP contribution < -0.4 is 15.8 Å². The second-order valence-electron chi connectivity index (χ2n) is 7.19. The normalized spacial score (nSPS) is 12.5. The lowest BCUT2D eigenvalue weighted by Crippen LogP contribution is -2.33. The molecule has 2 aromatic heterocycles. The van der Waals surface area contributed by atoms with Crippen LogP contribution in [0.1, 0.15) is 30.7 Å². The molecule has 4 rings (SSSR count). The van der Waals surface area contributed by atoms with Gasteiger partial charge in [0, 0.05) is 34.9 Å². The van der Waals surface area contributed by atoms with E-state index in [-0.39, 0.29) is 0 Å². The van der Waals surface area contributed by atoms with Crippen LogP contribution >= 0.6 is 0 Å². The quantitative estimate of drug-likeness (QED) is 0.286. The first-order chi connectivity index (χ1) is 15.0. The van der Waals surface area contributed by atoms with Crippen molar-refractivity contribution in [2.45, 2.75) is 33.3 Å². The molecule has 2 heterocycles. The Morgan fingerprint density at radius 3 is 2.74 bits per heavy atom. The highest BCUT2D eigenvalue weighted by atomic mass is 16.5. The maximum Gasteiger partial charge on any atom is 0.336 e. The standard InChI is InChI=1S/C24H22N2O5/c1-4-20-19(18-7-5-6-8-21(18)30-20)13-25-26-24(28)15(3)29-16-9-10-17-14(2)11-23(27)31-22(17)12-16/h5-13,15H,4H2,1-3H3,(H,26,28)/b25-13-/t15-/m0/s1. The summed E-state index contributed by atoms with van der Waals surface area (Å²) in [5.74, 6) is 0.811. The van der Waals surface area contributed by atoms with Gasteiger partial charge in [-0.15, -0.1) is 0 Å². The van der Waals surface area contributed by atoms with Crippen molar-refractivity contribution in [2.75, 3.05) is 0 Å². The van der Waals surface area contributed by atoms with E-state index in [9.17, 15) is 9.59 Å². The van der Waals surface area contributed by atoms with Crippen LogP contribution in [0.25, 0.3) is 21.9 Å². The van der Waals surface area contributed by atoms with Crippen LogP contribution in [0.4, 0.5) is 0 Å². The molecule has 2 aromatic carbocycles. The number of hydrogen-bond donors (Lipinski definition) is 1. The van der Waals surface area contributed by atoms with Gasteiger partial charge >= 0.3 is 5.63 Å². The first-order valence-corrected chi connectivity index (χ1v) is 10.0. The van der Waals surface area contributed by atoms with Crippen LogP contribution in [0.3, 0.4) is 0 Å². The Kier molecular flexibility index (Phi) is 5.58. The average Bonchev–Trinajstić information content (AvgIpc) is 3.11. The number of carbonyl (C=O) groups is 1. The molecule has 0 bridgehead atoms. The Balaban J connectivity index is 1.46. The number of nitrogens with one attached hydrogen (secondary N) is 1. The van der Waals surface area contributed by atoms with Gasteiger partial charge in [0.2, 0.25) is 0 Å². The molecule has 7 heteroatoms. The summed E-state index contributed by atoms with van der Waals surface area (Å²) >= 11 is 0. The zero-order valence-corrected chi connectivity index (χ0v) is 17.5. The van der Waals surface area contributed by atoms with Crippen molar-refractivity contribution in [3.05, 3.63) is 75.8 Å². The summed E-state index contributed by atoms with van der Waals surface area (Å²) in [6.07, 6.45) is 1.49. The van der Waals surface area contributed by atoms with Crippen molar-refractivity contribution in [3.63, 3.8) is 0 Å². The Hall–Kier alpha value is -3.87. The molecule has 0 spiro atoms. The minimum atomic E-state index is -0.808. The minimum Gasteiger partial charge on any atom is -0.481 e. The molecule has 0 saturated carbocycles. The Morgan fingerprint density at radius 2 is 1.94 bits per heavy atom. The molecule has 7 nitrogen and oxygen atoms in total. The predicted octanol–water partition coefficient (Wildman–Crippen LogP) is 4.33. The topological polar surface area (TPSA) is 94.0 Å². The maximum atomic E-state index is 12.4. The van der Waals surface area contributed by atoms with Crippen LogP contribution in [-0.2, 0) is 11.2 Å². The van der Waals surface area contributed by atoms with Gasteiger partial charge in [0.05, 0.1) is 6.21 Å². The summed E-state index contributed by atoms with van der Waals surface area (Å²) < 4.78 is 16.7. The molecular formula is C24H22N2O5. The summed E-state index contributed by atoms with van der Waals surface area (Å²) in [5, 5.41) is 5.84. The van der Waals surface area contributed by atoms with Crippen LogP contribution in [-0.4, -0.2) is 18.2 Å². The van der Waals surface area contributed by atoms with Gasteiger partial charge in [0.15, 0.2) is 6.10 Å². The van der Waals surface area contributed by atoms with Crippen LogP contribution in [0.5, 0.6) is 5.75 Å². The van der Waals surface area contributed by atoms with Crippen LogP contribution in [0, 0.1) is 6.92 Å². The molecule has 0 aliphatic rings. The molecule has 1 amide bonds. The third-order valence-corrected chi connectivity index (χ3v) is 5.01. The molecule has 0 radical (unpaired) electrons. The number of fused-ring (bicyclic) bond motifs is 2. The van der Waals surface area contributed by atoms with Gasteiger partial charge in [0.1, 0.15) is 22.7 Å². The number of hydrogen-bond acceptors (Lipinski definition) is 6. The molecule has 4 aromatic rings.